The van der Waals surface area contributed by atoms with Crippen molar-refractivity contribution in [2.45, 2.75) is 38.2 Å². The van der Waals surface area contributed by atoms with E-state index in [1.807, 2.05) is 54.6 Å². The minimum atomic E-state index is -3.80. The summed E-state index contributed by atoms with van der Waals surface area (Å²) in [5.41, 5.74) is 1.09. The van der Waals surface area contributed by atoms with Crippen LogP contribution in [-0.2, 0) is 21.3 Å². The second-order valence-electron chi connectivity index (χ2n) is 11.8. The molecule has 0 radical (unpaired) electrons. The number of benzene rings is 4. The van der Waals surface area contributed by atoms with Crippen molar-refractivity contribution in [3.63, 3.8) is 0 Å². The summed E-state index contributed by atoms with van der Waals surface area (Å²) < 4.78 is 34.4. The maximum atomic E-state index is 13.8. The molecule has 1 saturated heterocycles. The van der Waals surface area contributed by atoms with Crippen molar-refractivity contribution < 1.29 is 22.7 Å². The standard InChI is InChI=1S/C34H36ClN3O5S/c1-5-31(26-11-10-25-21-27(35)14-12-24(25)20-26)44(41,42)38-18-16-37(17-19-38)32(39)29-15-13-23-8-6-7-9-28(23)30(29)22-36-33(40)43-34(2,3)4/h5-15,20-21,31H,1,16-19,22H2,2-4H3,(H,36,40). The number of carbonyl (C=O) groups excluding carboxylic acids is 2. The molecule has 0 saturated carbocycles. The topological polar surface area (TPSA) is 96.0 Å². The van der Waals surface area contributed by atoms with Crippen LogP contribution in [0.5, 0.6) is 0 Å². The van der Waals surface area contributed by atoms with Crippen LogP contribution < -0.4 is 5.32 Å². The van der Waals surface area contributed by atoms with Crippen LogP contribution in [-0.4, -0.2) is 61.4 Å². The normalized spacial score (nSPS) is 15.2. The molecule has 1 unspecified atom stereocenters. The van der Waals surface area contributed by atoms with Gasteiger partial charge in [0.1, 0.15) is 10.9 Å². The number of hydrogen-bond acceptors (Lipinski definition) is 5. The molecule has 1 aliphatic rings. The maximum absolute atomic E-state index is 13.8. The number of ether oxygens (including phenoxy) is 1. The summed E-state index contributed by atoms with van der Waals surface area (Å²) in [5, 5.41) is 6.06. The summed E-state index contributed by atoms with van der Waals surface area (Å²) in [7, 11) is -3.80. The van der Waals surface area contributed by atoms with Gasteiger partial charge in [0.2, 0.25) is 10.0 Å². The molecule has 0 bridgehead atoms. The third-order valence-electron chi connectivity index (χ3n) is 7.65. The Bertz CT molecular complexity index is 1840. The lowest BCUT2D eigenvalue weighted by molar-refractivity contribution is 0.0521. The third kappa shape index (κ3) is 6.75. The van der Waals surface area contributed by atoms with Gasteiger partial charge in [-0.15, -0.1) is 6.58 Å². The average molecular weight is 634 g/mol. The number of hydrogen-bond donors (Lipinski definition) is 1. The molecule has 1 atom stereocenters. The SMILES string of the molecule is C=CC(c1ccc2cc(Cl)ccc2c1)S(=O)(=O)N1CCN(C(=O)c2ccc3ccccc3c2CNC(=O)OC(C)(C)C)CC1. The van der Waals surface area contributed by atoms with Gasteiger partial charge in [-0.05, 0) is 77.7 Å². The van der Waals surface area contributed by atoms with E-state index in [1.54, 1.807) is 43.9 Å². The smallest absolute Gasteiger partial charge is 0.407 e. The highest BCUT2D eigenvalue weighted by Gasteiger charge is 2.35. The Hall–Kier alpha value is -3.92. The minimum Gasteiger partial charge on any atom is -0.444 e. The molecule has 2 amide bonds. The fraction of sp³-hybridized carbons (Fsp3) is 0.294. The van der Waals surface area contributed by atoms with E-state index >= 15 is 0 Å². The van der Waals surface area contributed by atoms with Crippen LogP contribution in [0, 0.1) is 0 Å². The number of sulfonamides is 1. The first-order valence-corrected chi connectivity index (χ1v) is 16.3. The van der Waals surface area contributed by atoms with E-state index in [1.165, 1.54) is 10.4 Å². The van der Waals surface area contributed by atoms with Gasteiger partial charge in [0.05, 0.1) is 0 Å². The largest absolute Gasteiger partial charge is 0.444 e. The molecule has 4 aromatic carbocycles. The number of nitrogens with one attached hydrogen (secondary N) is 1. The number of halogens is 1. The Labute approximate surface area is 263 Å². The van der Waals surface area contributed by atoms with Crippen LogP contribution in [0.3, 0.4) is 0 Å². The van der Waals surface area contributed by atoms with Gasteiger partial charge in [0, 0.05) is 43.3 Å². The van der Waals surface area contributed by atoms with Gasteiger partial charge < -0.3 is 15.0 Å². The van der Waals surface area contributed by atoms with E-state index in [0.717, 1.165) is 21.5 Å². The van der Waals surface area contributed by atoms with E-state index in [4.69, 9.17) is 16.3 Å². The van der Waals surface area contributed by atoms with Crippen LogP contribution in [0.25, 0.3) is 21.5 Å². The molecular weight excluding hydrogens is 598 g/mol. The first kappa shape index (κ1) is 31.5. The molecular formula is C34H36ClN3O5S. The van der Waals surface area contributed by atoms with E-state index < -0.39 is 27.0 Å². The first-order chi connectivity index (χ1) is 20.9. The fourth-order valence-electron chi connectivity index (χ4n) is 5.52. The maximum Gasteiger partial charge on any atom is 0.407 e. The fourth-order valence-corrected chi connectivity index (χ4v) is 7.43. The molecule has 1 aliphatic heterocycles. The molecule has 5 rings (SSSR count). The predicted molar refractivity (Wildman–Crippen MR) is 175 cm³/mol. The molecule has 0 spiro atoms. The summed E-state index contributed by atoms with van der Waals surface area (Å²) in [4.78, 5) is 27.9. The van der Waals surface area contributed by atoms with Crippen LogP contribution >= 0.6 is 11.6 Å². The van der Waals surface area contributed by atoms with Gasteiger partial charge in [-0.1, -0.05) is 66.2 Å². The number of rotatable bonds is 7. The molecule has 1 heterocycles. The van der Waals surface area contributed by atoms with Gasteiger partial charge in [-0.25, -0.2) is 13.2 Å². The molecule has 44 heavy (non-hydrogen) atoms. The van der Waals surface area contributed by atoms with Crippen molar-refractivity contribution in [2.24, 2.45) is 0 Å². The summed E-state index contributed by atoms with van der Waals surface area (Å²) in [6.45, 7) is 10.0. The second kappa shape index (κ2) is 12.6. The van der Waals surface area contributed by atoms with Crippen molar-refractivity contribution in [1.82, 2.24) is 14.5 Å². The number of amides is 2. The predicted octanol–water partition coefficient (Wildman–Crippen LogP) is 6.69. The molecule has 10 heteroatoms. The van der Waals surface area contributed by atoms with Crippen molar-refractivity contribution in [3.05, 3.63) is 107 Å². The minimum absolute atomic E-state index is 0.102. The zero-order chi connectivity index (χ0) is 31.6. The Kier molecular flexibility index (Phi) is 9.02. The van der Waals surface area contributed by atoms with Crippen LogP contribution in [0.1, 0.15) is 47.5 Å². The van der Waals surface area contributed by atoms with Crippen LogP contribution in [0.4, 0.5) is 4.79 Å². The van der Waals surface area contributed by atoms with Gasteiger partial charge in [-0.2, -0.15) is 4.31 Å². The summed E-state index contributed by atoms with van der Waals surface area (Å²) in [6.07, 6.45) is 0.873. The van der Waals surface area contributed by atoms with Gasteiger partial charge in [0.15, 0.2) is 0 Å². The molecule has 4 aromatic rings. The highest BCUT2D eigenvalue weighted by molar-refractivity contribution is 7.89. The van der Waals surface area contributed by atoms with E-state index in [0.29, 0.717) is 21.7 Å². The Balaban J connectivity index is 1.33. The average Bonchev–Trinajstić information content (AvgIpc) is 2.99. The molecule has 8 nitrogen and oxygen atoms in total. The highest BCUT2D eigenvalue weighted by Crippen LogP contribution is 2.31. The lowest BCUT2D eigenvalue weighted by Crippen LogP contribution is -2.51. The lowest BCUT2D eigenvalue weighted by Gasteiger charge is -2.36. The number of alkyl carbamates (subject to hydrolysis) is 1. The molecule has 230 valence electrons. The van der Waals surface area contributed by atoms with Gasteiger partial charge >= 0.3 is 6.09 Å². The van der Waals surface area contributed by atoms with E-state index in [-0.39, 0.29) is 38.6 Å². The third-order valence-corrected chi connectivity index (χ3v) is 10.1. The zero-order valence-electron chi connectivity index (χ0n) is 25.0. The number of carbonyl (C=O) groups is 2. The molecule has 0 aromatic heterocycles. The van der Waals surface area contributed by atoms with Gasteiger partial charge in [0.25, 0.3) is 5.91 Å². The first-order valence-electron chi connectivity index (χ1n) is 14.4. The number of fused-ring (bicyclic) bond motifs is 2. The quantitative estimate of drug-likeness (QED) is 0.229. The second-order valence-corrected chi connectivity index (χ2v) is 14.3. The van der Waals surface area contributed by atoms with Crippen molar-refractivity contribution >= 4 is 55.2 Å². The van der Waals surface area contributed by atoms with Crippen molar-refractivity contribution in [3.8, 4) is 0 Å². The molecule has 1 fully saturated rings. The Morgan fingerprint density at radius 3 is 2.32 bits per heavy atom. The van der Waals surface area contributed by atoms with Crippen LogP contribution in [0.15, 0.2) is 85.5 Å². The highest BCUT2D eigenvalue weighted by atomic mass is 35.5. The molecule has 0 aliphatic carbocycles. The number of nitrogens with zero attached hydrogens (tertiary/aromatic N) is 2. The van der Waals surface area contributed by atoms with Crippen molar-refractivity contribution in [2.75, 3.05) is 26.2 Å². The van der Waals surface area contributed by atoms with Gasteiger partial charge in [-0.3, -0.25) is 4.79 Å². The summed E-state index contributed by atoms with van der Waals surface area (Å²) >= 11 is 6.11. The monoisotopic (exact) mass is 633 g/mol. The van der Waals surface area contributed by atoms with E-state index in [2.05, 4.69) is 11.9 Å². The zero-order valence-corrected chi connectivity index (χ0v) is 26.6. The van der Waals surface area contributed by atoms with Crippen molar-refractivity contribution in [1.29, 1.82) is 0 Å². The van der Waals surface area contributed by atoms with Crippen LogP contribution in [0.2, 0.25) is 5.02 Å². The Morgan fingerprint density at radius 1 is 0.955 bits per heavy atom. The molecule has 1 N–H and O–H groups in total. The number of piperazine rings is 1. The van der Waals surface area contributed by atoms with E-state index in [9.17, 15) is 18.0 Å². The Morgan fingerprint density at radius 2 is 1.61 bits per heavy atom. The lowest BCUT2D eigenvalue weighted by atomic mass is 9.97. The summed E-state index contributed by atoms with van der Waals surface area (Å²) in [6, 6.07) is 22.3. The summed E-state index contributed by atoms with van der Waals surface area (Å²) in [5.74, 6) is -0.220.